The van der Waals surface area contributed by atoms with E-state index < -0.39 is 17.9 Å². The van der Waals surface area contributed by atoms with Crippen LogP contribution in [0.15, 0.2) is 72.9 Å². The number of urea groups is 1. The number of nitrogens with zero attached hydrogens (tertiary/aromatic N) is 5. The van der Waals surface area contributed by atoms with Gasteiger partial charge in [0.25, 0.3) is 0 Å². The summed E-state index contributed by atoms with van der Waals surface area (Å²) in [5.74, 6) is -0.0455. The number of hydrogen-bond acceptors (Lipinski definition) is 5. The molecule has 3 N–H and O–H groups in total. The standard InChI is InChI=1S/C23H17F3N8O/c24-23(25,26)19-7-4-8-20(27-19)28-22(35)29-21-16-11-15(9-10-17(16)30-32-21)18-13-34(33-31-18)12-14-5-2-1-3-6-14/h1-11,13H,12H2,(H3,27,28,29,30,32,35). The first-order valence-electron chi connectivity index (χ1n) is 10.4. The summed E-state index contributed by atoms with van der Waals surface area (Å²) in [6.45, 7) is 0.568. The molecule has 0 radical (unpaired) electrons. The quantitative estimate of drug-likeness (QED) is 0.332. The summed E-state index contributed by atoms with van der Waals surface area (Å²) in [4.78, 5) is 15.8. The van der Waals surface area contributed by atoms with Gasteiger partial charge in [0.15, 0.2) is 5.82 Å². The molecule has 5 aromatic rings. The van der Waals surface area contributed by atoms with Crippen molar-refractivity contribution in [3.63, 3.8) is 0 Å². The SMILES string of the molecule is O=C(Nc1cccc(C(F)(F)F)n1)Nc1n[nH]c2ccc(-c3cn(Cc4ccccc4)nn3)cc12. The van der Waals surface area contributed by atoms with Crippen molar-refractivity contribution in [2.45, 2.75) is 12.7 Å². The van der Waals surface area contributed by atoms with Gasteiger partial charge in [0.1, 0.15) is 17.2 Å². The fourth-order valence-corrected chi connectivity index (χ4v) is 3.46. The molecule has 176 valence electrons. The first-order valence-corrected chi connectivity index (χ1v) is 10.4. The highest BCUT2D eigenvalue weighted by molar-refractivity contribution is 6.04. The number of pyridine rings is 1. The normalized spacial score (nSPS) is 11.5. The molecule has 3 aromatic heterocycles. The van der Waals surface area contributed by atoms with Crippen molar-refractivity contribution in [1.29, 1.82) is 0 Å². The van der Waals surface area contributed by atoms with Gasteiger partial charge in [0, 0.05) is 10.9 Å². The molecule has 0 aliphatic carbocycles. The second kappa shape index (κ2) is 8.89. The number of fused-ring (bicyclic) bond motifs is 1. The lowest BCUT2D eigenvalue weighted by molar-refractivity contribution is -0.141. The largest absolute Gasteiger partial charge is 0.433 e. The number of H-pyrrole nitrogens is 1. The zero-order valence-corrected chi connectivity index (χ0v) is 17.9. The molecule has 9 nitrogen and oxygen atoms in total. The number of anilines is 2. The van der Waals surface area contributed by atoms with E-state index >= 15 is 0 Å². The van der Waals surface area contributed by atoms with Crippen LogP contribution in [0.3, 0.4) is 0 Å². The van der Waals surface area contributed by atoms with Crippen molar-refractivity contribution in [2.24, 2.45) is 0 Å². The molecule has 0 saturated carbocycles. The van der Waals surface area contributed by atoms with E-state index in [9.17, 15) is 18.0 Å². The molecule has 12 heteroatoms. The minimum atomic E-state index is -4.62. The van der Waals surface area contributed by atoms with Crippen LogP contribution < -0.4 is 10.6 Å². The maximum Gasteiger partial charge on any atom is 0.433 e. The molecule has 0 unspecified atom stereocenters. The van der Waals surface area contributed by atoms with E-state index in [0.29, 0.717) is 23.1 Å². The molecule has 3 heterocycles. The second-order valence-electron chi connectivity index (χ2n) is 7.60. The van der Waals surface area contributed by atoms with Crippen LogP contribution in [0.25, 0.3) is 22.2 Å². The number of rotatable bonds is 5. The van der Waals surface area contributed by atoms with Crippen molar-refractivity contribution in [3.8, 4) is 11.3 Å². The van der Waals surface area contributed by atoms with Crippen LogP contribution >= 0.6 is 0 Å². The Morgan fingerprint density at radius 1 is 1.00 bits per heavy atom. The Morgan fingerprint density at radius 3 is 2.63 bits per heavy atom. The van der Waals surface area contributed by atoms with Gasteiger partial charge in [0.05, 0.1) is 18.3 Å². The highest BCUT2D eigenvalue weighted by atomic mass is 19.4. The minimum absolute atomic E-state index is 0.197. The van der Waals surface area contributed by atoms with E-state index in [1.165, 1.54) is 6.07 Å². The van der Waals surface area contributed by atoms with Gasteiger partial charge in [0.2, 0.25) is 0 Å². The summed E-state index contributed by atoms with van der Waals surface area (Å²) in [5, 5.41) is 20.7. The van der Waals surface area contributed by atoms with Crippen LogP contribution in [-0.4, -0.2) is 36.2 Å². The molecule has 0 atom stereocenters. The first-order chi connectivity index (χ1) is 16.8. The van der Waals surface area contributed by atoms with E-state index in [0.717, 1.165) is 23.3 Å². The predicted molar refractivity (Wildman–Crippen MR) is 123 cm³/mol. The maximum absolute atomic E-state index is 12.9. The van der Waals surface area contributed by atoms with Gasteiger partial charge >= 0.3 is 12.2 Å². The number of carbonyl (C=O) groups excluding carboxylic acids is 1. The smallest absolute Gasteiger partial charge is 0.292 e. The van der Waals surface area contributed by atoms with Crippen LogP contribution in [0, 0.1) is 0 Å². The van der Waals surface area contributed by atoms with Crippen molar-refractivity contribution in [1.82, 2.24) is 30.2 Å². The van der Waals surface area contributed by atoms with Crippen molar-refractivity contribution < 1.29 is 18.0 Å². The monoisotopic (exact) mass is 478 g/mol. The number of carbonyl (C=O) groups is 1. The molecule has 0 aliphatic rings. The molecule has 0 aliphatic heterocycles. The number of benzene rings is 2. The fourth-order valence-electron chi connectivity index (χ4n) is 3.46. The molecule has 5 rings (SSSR count). The van der Waals surface area contributed by atoms with Gasteiger partial charge in [-0.2, -0.15) is 18.3 Å². The van der Waals surface area contributed by atoms with Crippen LogP contribution in [0.4, 0.5) is 29.6 Å². The summed E-state index contributed by atoms with van der Waals surface area (Å²) < 4.78 is 40.3. The molecule has 2 aromatic carbocycles. The summed E-state index contributed by atoms with van der Waals surface area (Å²) >= 11 is 0. The number of nitrogens with one attached hydrogen (secondary N) is 3. The molecule has 0 spiro atoms. The number of halogens is 3. The average molecular weight is 478 g/mol. The number of alkyl halides is 3. The maximum atomic E-state index is 12.9. The number of hydrogen-bond donors (Lipinski definition) is 3. The Balaban J connectivity index is 1.33. The molecule has 0 saturated heterocycles. The third-order valence-electron chi connectivity index (χ3n) is 5.10. The zero-order chi connectivity index (χ0) is 24.4. The summed E-state index contributed by atoms with van der Waals surface area (Å²) in [6.07, 6.45) is -2.81. The Morgan fingerprint density at radius 2 is 1.83 bits per heavy atom. The Kier molecular flexibility index (Phi) is 5.61. The third kappa shape index (κ3) is 4.95. The lowest BCUT2D eigenvalue weighted by atomic mass is 10.1. The van der Waals surface area contributed by atoms with Gasteiger partial charge in [-0.15, -0.1) is 5.10 Å². The lowest BCUT2D eigenvalue weighted by Gasteiger charge is -2.09. The molecule has 35 heavy (non-hydrogen) atoms. The Hall–Kier alpha value is -4.74. The Bertz CT molecular complexity index is 1490. The van der Waals surface area contributed by atoms with Crippen LogP contribution in [0.2, 0.25) is 0 Å². The molecule has 2 amide bonds. The highest BCUT2D eigenvalue weighted by Crippen LogP contribution is 2.29. The van der Waals surface area contributed by atoms with Crippen molar-refractivity contribution >= 4 is 28.6 Å². The number of aromatic nitrogens is 6. The molecule has 0 fully saturated rings. The number of amides is 2. The van der Waals surface area contributed by atoms with Gasteiger partial charge in [-0.1, -0.05) is 47.7 Å². The van der Waals surface area contributed by atoms with Crippen LogP contribution in [-0.2, 0) is 12.7 Å². The van der Waals surface area contributed by atoms with Crippen LogP contribution in [0.5, 0.6) is 0 Å². The lowest BCUT2D eigenvalue weighted by Crippen LogP contribution is -2.21. The second-order valence-corrected chi connectivity index (χ2v) is 7.60. The van der Waals surface area contributed by atoms with E-state index in [1.54, 1.807) is 16.8 Å². The molecular weight excluding hydrogens is 461 g/mol. The van der Waals surface area contributed by atoms with Crippen LogP contribution in [0.1, 0.15) is 11.3 Å². The minimum Gasteiger partial charge on any atom is -0.292 e. The predicted octanol–water partition coefficient (Wildman–Crippen LogP) is 4.93. The van der Waals surface area contributed by atoms with E-state index in [-0.39, 0.29) is 11.6 Å². The average Bonchev–Trinajstić information content (AvgIpc) is 3.46. The number of aromatic amines is 1. The van der Waals surface area contributed by atoms with Crippen molar-refractivity contribution in [3.05, 3.63) is 84.2 Å². The van der Waals surface area contributed by atoms with E-state index in [4.69, 9.17) is 0 Å². The highest BCUT2D eigenvalue weighted by Gasteiger charge is 2.32. The Labute approximate surface area is 196 Å². The van der Waals surface area contributed by atoms with Crippen molar-refractivity contribution in [2.75, 3.05) is 10.6 Å². The van der Waals surface area contributed by atoms with Gasteiger partial charge < -0.3 is 0 Å². The van der Waals surface area contributed by atoms with Gasteiger partial charge in [-0.25, -0.2) is 14.5 Å². The molecular formula is C23H17F3N8O. The zero-order valence-electron chi connectivity index (χ0n) is 17.9. The summed E-state index contributed by atoms with van der Waals surface area (Å²) in [5.41, 5.74) is 2.01. The van der Waals surface area contributed by atoms with Gasteiger partial charge in [-0.05, 0) is 29.8 Å². The van der Waals surface area contributed by atoms with E-state index in [2.05, 4.69) is 36.1 Å². The fraction of sp³-hybridized carbons (Fsp3) is 0.0870. The van der Waals surface area contributed by atoms with Gasteiger partial charge in [-0.3, -0.25) is 15.7 Å². The molecule has 0 bridgehead atoms. The summed E-state index contributed by atoms with van der Waals surface area (Å²) in [6, 6.07) is 17.7. The first kappa shape index (κ1) is 22.1. The van der Waals surface area contributed by atoms with E-state index in [1.807, 2.05) is 42.6 Å². The third-order valence-corrected chi connectivity index (χ3v) is 5.10. The topological polar surface area (TPSA) is 113 Å². The summed E-state index contributed by atoms with van der Waals surface area (Å²) in [7, 11) is 0.